The highest BCUT2D eigenvalue weighted by molar-refractivity contribution is 6.56. The molecular weight excluding hydrogens is 805 g/mol. The van der Waals surface area contributed by atoms with Gasteiger partial charge in [0.15, 0.2) is 23.8 Å². The molecule has 0 aliphatic carbocycles. The van der Waals surface area contributed by atoms with Gasteiger partial charge < -0.3 is 63.0 Å². The molecule has 5 unspecified atom stereocenters. The number of hydrogen-bond donors (Lipinski definition) is 3. The highest BCUT2D eigenvalue weighted by Gasteiger charge is 2.73. The largest absolute Gasteiger partial charge is 0.536 e. The average Bonchev–Trinajstić information content (AvgIpc) is 3.84. The molecule has 0 saturated carbocycles. The van der Waals surface area contributed by atoms with Crippen LogP contribution in [0.2, 0.25) is 0 Å². The molecule has 7 heterocycles. The minimum absolute atomic E-state index is 0.142. The Morgan fingerprint density at radius 2 is 1.34 bits per heavy atom. The molecule has 6 saturated heterocycles. The minimum Gasteiger partial charge on any atom is -0.504 e. The molecule has 6 fully saturated rings. The van der Waals surface area contributed by atoms with Gasteiger partial charge >= 0.3 is 24.9 Å². The zero-order chi connectivity index (χ0) is 45.2. The molecule has 7 aliphatic heterocycles. The van der Waals surface area contributed by atoms with E-state index in [1.54, 1.807) is 6.92 Å². The number of aliphatic hydroxyl groups excluding tert-OH is 2. The van der Waals surface area contributed by atoms with Gasteiger partial charge in [0, 0.05) is 35.5 Å². The van der Waals surface area contributed by atoms with E-state index >= 15 is 4.79 Å². The normalized spacial score (nSPS) is 46.3. The summed E-state index contributed by atoms with van der Waals surface area (Å²) in [5, 5.41) is 23.6. The van der Waals surface area contributed by atoms with Crippen molar-refractivity contribution in [2.75, 3.05) is 0 Å². The van der Waals surface area contributed by atoms with E-state index in [1.165, 1.54) is 0 Å². The van der Waals surface area contributed by atoms with Crippen LogP contribution in [0.4, 0.5) is 0 Å². The molecule has 62 heavy (non-hydrogen) atoms. The quantitative estimate of drug-likeness (QED) is 0.149. The topological polar surface area (TPSA) is 210 Å². The zero-order valence-electron chi connectivity index (χ0n) is 38.4. The fourth-order valence-electron chi connectivity index (χ4n) is 10.6. The van der Waals surface area contributed by atoms with E-state index in [0.29, 0.717) is 64.2 Å². The fraction of sp³-hybridized carbons (Fsp3) is 0.889. The van der Waals surface area contributed by atoms with Crippen LogP contribution >= 0.6 is 0 Å². The number of cyclic esters (lactones) is 1. The first-order valence-corrected chi connectivity index (χ1v) is 23.3. The first kappa shape index (κ1) is 47.8. The van der Waals surface area contributed by atoms with E-state index in [4.69, 9.17) is 52.8 Å². The summed E-state index contributed by atoms with van der Waals surface area (Å²) in [6, 6.07) is -0.902. The maximum absolute atomic E-state index is 15.0. The molecule has 7 aliphatic rings. The third-order valence-electron chi connectivity index (χ3n) is 15.5. The monoisotopic (exact) mass is 879 g/mol. The van der Waals surface area contributed by atoms with Gasteiger partial charge in [0.05, 0.1) is 36.6 Å². The van der Waals surface area contributed by atoms with Crippen molar-refractivity contribution in [1.82, 2.24) is 0 Å². The van der Waals surface area contributed by atoms with Crippen molar-refractivity contribution in [1.29, 1.82) is 0 Å². The van der Waals surface area contributed by atoms with Crippen LogP contribution < -0.4 is 5.73 Å². The number of esters is 3. The summed E-state index contributed by atoms with van der Waals surface area (Å²) in [7, 11) is 0. The predicted molar refractivity (Wildman–Crippen MR) is 223 cm³/mol. The molecule has 0 aromatic carbocycles. The Balaban J connectivity index is 1.36. The summed E-state index contributed by atoms with van der Waals surface area (Å²) in [6.45, 7) is 15.1. The summed E-state index contributed by atoms with van der Waals surface area (Å²) in [6.07, 6.45) is -0.362. The number of carbonyl (C=O) groups excluding carboxylic acids is 3. The molecule has 0 radical (unpaired) electrons. The van der Waals surface area contributed by atoms with Gasteiger partial charge in [0.25, 0.3) is 0 Å². The first-order valence-electron chi connectivity index (χ1n) is 23.3. The molecular formula is C45H73BNO15-. The van der Waals surface area contributed by atoms with Gasteiger partial charge in [-0.2, -0.15) is 0 Å². The second kappa shape index (κ2) is 17.9. The van der Waals surface area contributed by atoms with Crippen LogP contribution in [0.25, 0.3) is 0 Å². The van der Waals surface area contributed by atoms with E-state index in [1.807, 2.05) is 74.5 Å². The molecule has 352 valence electrons. The van der Waals surface area contributed by atoms with Crippen LogP contribution in [-0.2, 0) is 61.4 Å². The van der Waals surface area contributed by atoms with Crippen molar-refractivity contribution in [2.45, 2.75) is 225 Å². The minimum atomic E-state index is -3.53. The van der Waals surface area contributed by atoms with E-state index in [-0.39, 0.29) is 18.4 Å². The van der Waals surface area contributed by atoms with Crippen molar-refractivity contribution in [3.05, 3.63) is 12.2 Å². The number of fused-ring (bicyclic) bond motifs is 6. The molecule has 4 N–H and O–H groups in total. The lowest BCUT2D eigenvalue weighted by molar-refractivity contribution is -0.311. The van der Waals surface area contributed by atoms with Gasteiger partial charge in [-0.1, -0.05) is 67.5 Å². The van der Waals surface area contributed by atoms with Crippen LogP contribution in [0, 0.1) is 28.6 Å². The molecule has 0 aromatic heterocycles. The van der Waals surface area contributed by atoms with Crippen molar-refractivity contribution in [2.24, 2.45) is 34.3 Å². The van der Waals surface area contributed by atoms with Gasteiger partial charge in [-0.15, -0.1) is 0 Å². The molecule has 7 rings (SSSR count). The lowest BCUT2D eigenvalue weighted by Gasteiger charge is -2.52. The Labute approximate surface area is 366 Å². The second-order valence-corrected chi connectivity index (χ2v) is 20.9. The number of carbonyl (C=O) groups is 3. The van der Waals surface area contributed by atoms with Crippen LogP contribution in [0.5, 0.6) is 0 Å². The van der Waals surface area contributed by atoms with Crippen LogP contribution in [0.15, 0.2) is 12.2 Å². The Morgan fingerprint density at radius 3 is 1.90 bits per heavy atom. The number of aliphatic hydroxyl groups is 2. The summed E-state index contributed by atoms with van der Waals surface area (Å²) < 4.78 is 66.0. The Hall–Kier alpha value is -2.19. The maximum atomic E-state index is 15.0. The average molecular weight is 879 g/mol. The van der Waals surface area contributed by atoms with Crippen LogP contribution in [-0.4, -0.2) is 120 Å². The van der Waals surface area contributed by atoms with Crippen molar-refractivity contribution in [3.8, 4) is 0 Å². The number of nitrogens with two attached hydrogens (primary N) is 1. The standard InChI is InChI=1S/C45H73BNO15/c1-24(2)36(47)39(50)54-27(5)30-16-12-11-13-17-32(48)42(7,8)34-21-19-26(4)45(57-34)38-41(52)56-31-23-29(53-28(31)6)15-14-18-33(49)43(9,10)35-22-20-25(3)44(58-35)37(40(51)55-30)59-46(60-38,61-44)62-45/h11-12,24-38,48-49H,13-23,47H2,1-10H3/q-1/b12-11-/t25-,26?,27-,28-,29-,30-,31+,32+,33-,34+,35+,36-,37?,38?,44+,45?,46?/m1/s1. The number of ether oxygens (including phenoxy) is 6. The molecule has 17 heteroatoms. The summed E-state index contributed by atoms with van der Waals surface area (Å²) in [5.74, 6) is -7.31. The Bertz CT molecular complexity index is 1680. The SMILES string of the molecule is CC(C)[C@@H](N)C(=O)O[C@H](C)[C@H]1C/C=C\CC[C@H](O)C(C)(C)[C@@H]2CCC(C)C3(O2)O[B-]24OC3C(=O)O[C@H]3C[C@@H](CCC[C@@H](O)C(C)(C)[C@@H]5CC[C@@H](C)[C@](O5)(O2)C(O4)C(=O)O1)O[C@@H]3C. The lowest BCUT2D eigenvalue weighted by atomic mass is 9.73. The van der Waals surface area contributed by atoms with E-state index < -0.39 is 126 Å². The predicted octanol–water partition coefficient (Wildman–Crippen LogP) is 4.89. The van der Waals surface area contributed by atoms with Gasteiger partial charge in [0.1, 0.15) is 24.4 Å². The highest BCUT2D eigenvalue weighted by atomic mass is 17.0. The third kappa shape index (κ3) is 8.78. The van der Waals surface area contributed by atoms with Crippen molar-refractivity contribution in [3.63, 3.8) is 0 Å². The molecule has 0 amide bonds. The number of hydrogen-bond acceptors (Lipinski definition) is 16. The fourth-order valence-corrected chi connectivity index (χ4v) is 10.6. The van der Waals surface area contributed by atoms with E-state index in [0.717, 1.165) is 0 Å². The summed E-state index contributed by atoms with van der Waals surface area (Å²) in [4.78, 5) is 42.9. The van der Waals surface area contributed by atoms with Gasteiger partial charge in [-0.3, -0.25) is 4.79 Å². The van der Waals surface area contributed by atoms with Gasteiger partial charge in [-0.25, -0.2) is 9.59 Å². The lowest BCUT2D eigenvalue weighted by Crippen LogP contribution is -2.61. The number of allylic oxidation sites excluding steroid dienone is 1. The molecule has 9 bridgehead atoms. The van der Waals surface area contributed by atoms with Crippen molar-refractivity contribution >= 4 is 24.9 Å². The smallest absolute Gasteiger partial charge is 0.504 e. The van der Waals surface area contributed by atoms with Gasteiger partial charge in [-0.05, 0) is 77.6 Å². The van der Waals surface area contributed by atoms with Crippen LogP contribution in [0.3, 0.4) is 0 Å². The Morgan fingerprint density at radius 1 is 0.790 bits per heavy atom. The van der Waals surface area contributed by atoms with E-state index in [9.17, 15) is 19.8 Å². The highest BCUT2D eigenvalue weighted by Crippen LogP contribution is 2.57. The summed E-state index contributed by atoms with van der Waals surface area (Å²) in [5.41, 5.74) is 4.48. The number of rotatable bonds is 4. The molecule has 17 atom stereocenters. The third-order valence-corrected chi connectivity index (χ3v) is 15.5. The van der Waals surface area contributed by atoms with Gasteiger partial charge in [0.2, 0.25) is 0 Å². The molecule has 16 nitrogen and oxygen atoms in total. The zero-order valence-corrected chi connectivity index (χ0v) is 38.4. The van der Waals surface area contributed by atoms with Crippen LogP contribution in [0.1, 0.15) is 140 Å². The Kier molecular flexibility index (Phi) is 13.8. The molecule has 3 spiro atoms. The maximum Gasteiger partial charge on any atom is 0.536 e. The molecule has 0 aromatic rings. The van der Waals surface area contributed by atoms with Crippen molar-refractivity contribution < 1.29 is 71.6 Å². The van der Waals surface area contributed by atoms with E-state index in [2.05, 4.69) is 0 Å². The summed E-state index contributed by atoms with van der Waals surface area (Å²) >= 11 is 0. The second-order valence-electron chi connectivity index (χ2n) is 20.9. The first-order chi connectivity index (χ1) is 29.0.